The number of carbonyl (C=O) groups excluding carboxylic acids is 1. The Hall–Kier alpha value is -4.47. The van der Waals surface area contributed by atoms with Gasteiger partial charge in [-0.1, -0.05) is 13.8 Å². The minimum absolute atomic E-state index is 0.228. The molecule has 3 N–H and O–H groups in total. The number of benzene rings is 2. The molecule has 1 unspecified atom stereocenters. The van der Waals surface area contributed by atoms with Crippen LogP contribution in [0.4, 0.5) is 0 Å². The van der Waals surface area contributed by atoms with Crippen LogP contribution in [0.15, 0.2) is 60.2 Å². The van der Waals surface area contributed by atoms with E-state index in [2.05, 4.69) is 35.0 Å². The van der Waals surface area contributed by atoms with Gasteiger partial charge in [0.2, 0.25) is 5.90 Å². The SMILES string of the molecule is COc1ccc(-c2[nH]c3ccc(C4=NN(CCCn5ccnc5)C(C(N)=O)O4)cc3c2C(C)C)cc1OC. The molecule has 10 heteroatoms. The van der Waals surface area contributed by atoms with Crippen molar-refractivity contribution in [3.63, 3.8) is 0 Å². The Labute approximate surface area is 221 Å². The fourth-order valence-corrected chi connectivity index (χ4v) is 4.86. The number of aromatic amines is 1. The van der Waals surface area contributed by atoms with E-state index in [0.717, 1.165) is 46.3 Å². The molecule has 1 aliphatic heterocycles. The lowest BCUT2D eigenvalue weighted by molar-refractivity contribution is -0.131. The Bertz CT molecular complexity index is 1470. The normalized spacial score (nSPS) is 15.1. The number of hydrogen-bond donors (Lipinski definition) is 2. The molecule has 0 spiro atoms. The van der Waals surface area contributed by atoms with Crippen LogP contribution in [0.2, 0.25) is 0 Å². The van der Waals surface area contributed by atoms with Crippen LogP contribution in [-0.4, -0.2) is 58.3 Å². The molecule has 38 heavy (non-hydrogen) atoms. The second kappa shape index (κ2) is 10.5. The number of aryl methyl sites for hydroxylation is 1. The molecule has 0 aliphatic carbocycles. The number of nitrogens with one attached hydrogen (secondary N) is 1. The molecule has 0 fully saturated rings. The Morgan fingerprint density at radius 1 is 1.11 bits per heavy atom. The van der Waals surface area contributed by atoms with Crippen LogP contribution in [0.1, 0.15) is 37.3 Å². The summed E-state index contributed by atoms with van der Waals surface area (Å²) in [5, 5.41) is 7.31. The summed E-state index contributed by atoms with van der Waals surface area (Å²) in [6.45, 7) is 5.59. The van der Waals surface area contributed by atoms with E-state index in [9.17, 15) is 4.79 Å². The molecule has 0 saturated carbocycles. The van der Waals surface area contributed by atoms with Crippen LogP contribution in [0, 0.1) is 0 Å². The predicted octanol–water partition coefficient (Wildman–Crippen LogP) is 4.07. The van der Waals surface area contributed by atoms with Crippen molar-refractivity contribution in [2.24, 2.45) is 10.8 Å². The van der Waals surface area contributed by atoms with Gasteiger partial charge in [-0.15, -0.1) is 5.10 Å². The molecule has 0 bridgehead atoms. The summed E-state index contributed by atoms with van der Waals surface area (Å²) in [5.74, 6) is 1.37. The van der Waals surface area contributed by atoms with Crippen molar-refractivity contribution in [3.8, 4) is 22.8 Å². The number of ether oxygens (including phenoxy) is 3. The zero-order valence-electron chi connectivity index (χ0n) is 22.0. The van der Waals surface area contributed by atoms with Gasteiger partial charge in [-0.2, -0.15) is 0 Å². The maximum atomic E-state index is 12.1. The number of rotatable bonds is 10. The lowest BCUT2D eigenvalue weighted by Crippen LogP contribution is -2.41. The van der Waals surface area contributed by atoms with Gasteiger partial charge in [-0.25, -0.2) is 9.99 Å². The number of imidazole rings is 1. The number of hydrazone groups is 1. The molecule has 1 atom stereocenters. The number of primary amides is 1. The van der Waals surface area contributed by atoms with Gasteiger partial charge in [-0.05, 0) is 54.3 Å². The minimum Gasteiger partial charge on any atom is -0.493 e. The minimum atomic E-state index is -0.943. The molecule has 10 nitrogen and oxygen atoms in total. The van der Waals surface area contributed by atoms with Gasteiger partial charge in [0.15, 0.2) is 11.5 Å². The van der Waals surface area contributed by atoms with Crippen LogP contribution in [-0.2, 0) is 16.1 Å². The van der Waals surface area contributed by atoms with Crippen molar-refractivity contribution in [1.29, 1.82) is 0 Å². The molecule has 1 aliphatic rings. The molecule has 5 rings (SSSR count). The molecular formula is C28H32N6O4. The molecule has 1 amide bonds. The van der Waals surface area contributed by atoms with Crippen molar-refractivity contribution in [3.05, 3.63) is 66.2 Å². The molecule has 2 aromatic heterocycles. The number of carbonyl (C=O) groups is 1. The number of hydrogen-bond acceptors (Lipinski definition) is 7. The van der Waals surface area contributed by atoms with Gasteiger partial charge in [-0.3, -0.25) is 4.79 Å². The second-order valence-electron chi connectivity index (χ2n) is 9.49. The lowest BCUT2D eigenvalue weighted by Gasteiger charge is -2.18. The number of nitrogens with two attached hydrogens (primary N) is 1. The third kappa shape index (κ3) is 4.77. The smallest absolute Gasteiger partial charge is 0.281 e. The largest absolute Gasteiger partial charge is 0.493 e. The third-order valence-corrected chi connectivity index (χ3v) is 6.65. The second-order valence-corrected chi connectivity index (χ2v) is 9.49. The van der Waals surface area contributed by atoms with E-state index in [0.29, 0.717) is 23.9 Å². The maximum absolute atomic E-state index is 12.1. The van der Waals surface area contributed by atoms with Crippen molar-refractivity contribution >= 4 is 22.7 Å². The fraction of sp³-hybridized carbons (Fsp3) is 0.321. The molecule has 3 heterocycles. The quantitative estimate of drug-likeness (QED) is 0.328. The predicted molar refractivity (Wildman–Crippen MR) is 145 cm³/mol. The zero-order chi connectivity index (χ0) is 26.8. The Balaban J connectivity index is 1.47. The van der Waals surface area contributed by atoms with Crippen LogP contribution in [0.25, 0.3) is 22.2 Å². The van der Waals surface area contributed by atoms with Gasteiger partial charge < -0.3 is 29.5 Å². The first-order valence-corrected chi connectivity index (χ1v) is 12.5. The highest BCUT2D eigenvalue weighted by Crippen LogP contribution is 2.39. The molecule has 0 radical (unpaired) electrons. The molecule has 2 aromatic carbocycles. The summed E-state index contributed by atoms with van der Waals surface area (Å²) in [6, 6.07) is 11.9. The molecule has 0 saturated heterocycles. The van der Waals surface area contributed by atoms with Crippen LogP contribution >= 0.6 is 0 Å². The number of methoxy groups -OCH3 is 2. The standard InChI is InChI=1S/C28H32N6O4/c1-17(2)24-20-14-19(6-8-21(20)31-25(24)18-7-9-22(36-3)23(15-18)37-4)27-32-34(28(38-27)26(29)35)12-5-11-33-13-10-30-16-33/h6-10,13-17,28,31H,5,11-12H2,1-4H3,(H2,29,35). The van der Waals surface area contributed by atoms with Crippen LogP contribution in [0.5, 0.6) is 11.5 Å². The fourth-order valence-electron chi connectivity index (χ4n) is 4.86. The molecule has 198 valence electrons. The summed E-state index contributed by atoms with van der Waals surface area (Å²) in [4.78, 5) is 19.8. The maximum Gasteiger partial charge on any atom is 0.281 e. The Morgan fingerprint density at radius 2 is 1.89 bits per heavy atom. The average molecular weight is 517 g/mol. The summed E-state index contributed by atoms with van der Waals surface area (Å²) >= 11 is 0. The number of amides is 1. The Kier molecular flexibility index (Phi) is 6.95. The summed E-state index contributed by atoms with van der Waals surface area (Å²) < 4.78 is 18.9. The highest BCUT2D eigenvalue weighted by Gasteiger charge is 2.33. The summed E-state index contributed by atoms with van der Waals surface area (Å²) in [7, 11) is 3.25. The van der Waals surface area contributed by atoms with Crippen LogP contribution < -0.4 is 15.2 Å². The van der Waals surface area contributed by atoms with Gasteiger partial charge in [0, 0.05) is 47.5 Å². The van der Waals surface area contributed by atoms with E-state index in [1.54, 1.807) is 31.8 Å². The van der Waals surface area contributed by atoms with Crippen molar-refractivity contribution in [2.75, 3.05) is 20.8 Å². The van der Waals surface area contributed by atoms with Gasteiger partial charge in [0.1, 0.15) is 0 Å². The third-order valence-electron chi connectivity index (χ3n) is 6.65. The van der Waals surface area contributed by atoms with E-state index in [1.165, 1.54) is 0 Å². The Morgan fingerprint density at radius 3 is 2.58 bits per heavy atom. The highest BCUT2D eigenvalue weighted by molar-refractivity contribution is 6.02. The van der Waals surface area contributed by atoms with Crippen molar-refractivity contribution in [1.82, 2.24) is 19.5 Å². The lowest BCUT2D eigenvalue weighted by atomic mass is 9.95. The monoisotopic (exact) mass is 516 g/mol. The van der Waals surface area contributed by atoms with E-state index in [1.807, 2.05) is 41.1 Å². The first-order valence-electron chi connectivity index (χ1n) is 12.5. The van der Waals surface area contributed by atoms with Crippen molar-refractivity contribution < 1.29 is 19.0 Å². The number of aromatic nitrogens is 3. The highest BCUT2D eigenvalue weighted by atomic mass is 16.5. The van der Waals surface area contributed by atoms with E-state index < -0.39 is 12.1 Å². The number of H-pyrrole nitrogens is 1. The number of fused-ring (bicyclic) bond motifs is 1. The van der Waals surface area contributed by atoms with Gasteiger partial charge in [0.05, 0.1) is 26.2 Å². The molecule has 4 aromatic rings. The first-order chi connectivity index (χ1) is 18.4. The van der Waals surface area contributed by atoms with Crippen molar-refractivity contribution in [2.45, 2.75) is 39.0 Å². The topological polar surface area (TPSA) is 120 Å². The molecular weight excluding hydrogens is 484 g/mol. The first kappa shape index (κ1) is 25.2. The summed E-state index contributed by atoms with van der Waals surface area (Å²) in [5.41, 5.74) is 10.6. The zero-order valence-corrected chi connectivity index (χ0v) is 22.0. The van der Waals surface area contributed by atoms with Crippen LogP contribution in [0.3, 0.4) is 0 Å². The summed E-state index contributed by atoms with van der Waals surface area (Å²) in [6.07, 6.45) is 5.20. The van der Waals surface area contributed by atoms with E-state index in [-0.39, 0.29) is 5.92 Å². The van der Waals surface area contributed by atoms with E-state index in [4.69, 9.17) is 19.9 Å². The van der Waals surface area contributed by atoms with Gasteiger partial charge in [0.25, 0.3) is 12.1 Å². The average Bonchev–Trinajstić information content (AvgIpc) is 3.66. The van der Waals surface area contributed by atoms with Gasteiger partial charge >= 0.3 is 0 Å². The number of nitrogens with zero attached hydrogens (tertiary/aromatic N) is 4. The van der Waals surface area contributed by atoms with E-state index >= 15 is 0 Å².